The summed E-state index contributed by atoms with van der Waals surface area (Å²) in [5, 5.41) is 9.48. The van der Waals surface area contributed by atoms with E-state index in [0.717, 1.165) is 43.0 Å². The summed E-state index contributed by atoms with van der Waals surface area (Å²) in [6, 6.07) is 13.8. The Labute approximate surface area is 170 Å². The Morgan fingerprint density at radius 3 is 2.32 bits per heavy atom. The fourth-order valence-corrected chi connectivity index (χ4v) is 3.83. The van der Waals surface area contributed by atoms with Crippen LogP contribution in [-0.2, 0) is 4.79 Å². The van der Waals surface area contributed by atoms with Crippen molar-refractivity contribution in [2.45, 2.75) is 31.8 Å². The first-order valence-corrected chi connectivity index (χ1v) is 10.5. The molecule has 1 amide bonds. The maximum absolute atomic E-state index is 12.7. The summed E-state index contributed by atoms with van der Waals surface area (Å²) < 4.78 is 2.00. The predicted octanol–water partition coefficient (Wildman–Crippen LogP) is 4.07. The summed E-state index contributed by atoms with van der Waals surface area (Å²) in [5.41, 5.74) is 1.90. The molecular formula is C21H25N5OS. The van der Waals surface area contributed by atoms with Crippen LogP contribution in [0.1, 0.15) is 26.7 Å². The van der Waals surface area contributed by atoms with Crippen molar-refractivity contribution in [3.63, 3.8) is 0 Å². The Bertz CT molecular complexity index is 876. The first kappa shape index (κ1) is 20.1. The lowest BCUT2D eigenvalue weighted by Gasteiger charge is -2.21. The number of carbonyl (C=O) groups is 1. The highest BCUT2D eigenvalue weighted by atomic mass is 32.2. The number of amides is 1. The molecule has 0 atom stereocenters. The van der Waals surface area contributed by atoms with E-state index in [9.17, 15) is 4.79 Å². The van der Waals surface area contributed by atoms with E-state index in [-0.39, 0.29) is 5.91 Å². The van der Waals surface area contributed by atoms with Crippen LogP contribution in [0.2, 0.25) is 0 Å². The molecule has 6 nitrogen and oxygen atoms in total. The Morgan fingerprint density at radius 2 is 1.68 bits per heavy atom. The standard InChI is InChI=1S/C21H25N5OS/c1-3-14-25(15-4-2)19(27)16-28-21-24-23-20(17-10-12-22-13-11-17)26(21)18-8-6-5-7-9-18/h5-13H,3-4,14-16H2,1-2H3. The van der Waals surface area contributed by atoms with Crippen LogP contribution in [0.4, 0.5) is 0 Å². The van der Waals surface area contributed by atoms with Gasteiger partial charge in [0.2, 0.25) is 5.91 Å². The maximum Gasteiger partial charge on any atom is 0.233 e. The third-order valence-electron chi connectivity index (χ3n) is 4.25. The van der Waals surface area contributed by atoms with Crippen LogP contribution in [-0.4, -0.2) is 49.4 Å². The quantitative estimate of drug-likeness (QED) is 0.511. The van der Waals surface area contributed by atoms with E-state index in [2.05, 4.69) is 29.0 Å². The van der Waals surface area contributed by atoms with Crippen LogP contribution in [0, 0.1) is 0 Å². The molecule has 3 rings (SSSR count). The monoisotopic (exact) mass is 395 g/mol. The number of aromatic nitrogens is 4. The van der Waals surface area contributed by atoms with E-state index in [1.54, 1.807) is 12.4 Å². The molecule has 2 aromatic heterocycles. The molecule has 0 radical (unpaired) electrons. The van der Waals surface area contributed by atoms with Crippen LogP contribution >= 0.6 is 11.8 Å². The molecule has 7 heteroatoms. The second kappa shape index (κ2) is 10.0. The SMILES string of the molecule is CCCN(CCC)C(=O)CSc1nnc(-c2ccncc2)n1-c1ccccc1. The minimum Gasteiger partial charge on any atom is -0.342 e. The Balaban J connectivity index is 1.87. The van der Waals surface area contributed by atoms with Gasteiger partial charge in [0, 0.05) is 36.7 Å². The maximum atomic E-state index is 12.7. The number of benzene rings is 1. The number of hydrogen-bond donors (Lipinski definition) is 0. The molecule has 28 heavy (non-hydrogen) atoms. The van der Waals surface area contributed by atoms with Crippen molar-refractivity contribution in [2.75, 3.05) is 18.8 Å². The highest BCUT2D eigenvalue weighted by Crippen LogP contribution is 2.27. The lowest BCUT2D eigenvalue weighted by molar-refractivity contribution is -0.128. The molecule has 0 aliphatic heterocycles. The van der Waals surface area contributed by atoms with Crippen molar-refractivity contribution in [1.29, 1.82) is 0 Å². The summed E-state index contributed by atoms with van der Waals surface area (Å²) in [7, 11) is 0. The zero-order valence-corrected chi connectivity index (χ0v) is 17.1. The van der Waals surface area contributed by atoms with E-state index in [1.807, 2.05) is 51.9 Å². The van der Waals surface area contributed by atoms with Gasteiger partial charge in [-0.3, -0.25) is 14.3 Å². The average Bonchev–Trinajstić information content (AvgIpc) is 3.17. The largest absolute Gasteiger partial charge is 0.342 e. The first-order valence-electron chi connectivity index (χ1n) is 9.56. The van der Waals surface area contributed by atoms with Crippen molar-refractivity contribution in [3.05, 3.63) is 54.9 Å². The van der Waals surface area contributed by atoms with Crippen molar-refractivity contribution < 1.29 is 4.79 Å². The molecule has 0 N–H and O–H groups in total. The van der Waals surface area contributed by atoms with Crippen LogP contribution in [0.5, 0.6) is 0 Å². The van der Waals surface area contributed by atoms with Crippen LogP contribution in [0.25, 0.3) is 17.1 Å². The summed E-state index contributed by atoms with van der Waals surface area (Å²) in [6.07, 6.45) is 5.40. The Hall–Kier alpha value is -2.67. The van der Waals surface area contributed by atoms with Crippen molar-refractivity contribution in [1.82, 2.24) is 24.6 Å². The molecular weight excluding hydrogens is 370 g/mol. The molecule has 0 aliphatic rings. The zero-order chi connectivity index (χ0) is 19.8. The van der Waals surface area contributed by atoms with Gasteiger partial charge in [0.15, 0.2) is 11.0 Å². The smallest absolute Gasteiger partial charge is 0.233 e. The predicted molar refractivity (Wildman–Crippen MR) is 112 cm³/mol. The number of para-hydroxylation sites is 1. The van der Waals surface area contributed by atoms with Crippen molar-refractivity contribution >= 4 is 17.7 Å². The van der Waals surface area contributed by atoms with Gasteiger partial charge >= 0.3 is 0 Å². The lowest BCUT2D eigenvalue weighted by atomic mass is 10.2. The number of hydrogen-bond acceptors (Lipinski definition) is 5. The molecule has 3 aromatic rings. The summed E-state index contributed by atoms with van der Waals surface area (Å²) >= 11 is 1.43. The van der Waals surface area contributed by atoms with E-state index in [0.29, 0.717) is 10.9 Å². The number of nitrogens with zero attached hydrogens (tertiary/aromatic N) is 5. The zero-order valence-electron chi connectivity index (χ0n) is 16.3. The molecule has 1 aromatic carbocycles. The van der Waals surface area contributed by atoms with Gasteiger partial charge < -0.3 is 4.90 Å². The second-order valence-electron chi connectivity index (χ2n) is 6.38. The molecule has 2 heterocycles. The molecule has 0 unspecified atom stereocenters. The number of thioether (sulfide) groups is 1. The third kappa shape index (κ3) is 4.78. The number of carbonyl (C=O) groups excluding carboxylic acids is 1. The third-order valence-corrected chi connectivity index (χ3v) is 5.16. The summed E-state index contributed by atoms with van der Waals surface area (Å²) in [5.74, 6) is 1.23. The van der Waals surface area contributed by atoms with Crippen molar-refractivity contribution in [2.24, 2.45) is 0 Å². The first-order chi connectivity index (χ1) is 13.7. The van der Waals surface area contributed by atoms with Gasteiger partial charge in [0.05, 0.1) is 5.75 Å². The topological polar surface area (TPSA) is 63.9 Å². The van der Waals surface area contributed by atoms with Gasteiger partial charge in [-0.2, -0.15) is 0 Å². The van der Waals surface area contributed by atoms with Crippen LogP contribution in [0.15, 0.2) is 60.0 Å². The van der Waals surface area contributed by atoms with Gasteiger partial charge in [-0.05, 0) is 37.1 Å². The lowest BCUT2D eigenvalue weighted by Crippen LogP contribution is -2.33. The Kier molecular flexibility index (Phi) is 7.19. The molecule has 146 valence electrons. The molecule has 0 spiro atoms. The summed E-state index contributed by atoms with van der Waals surface area (Å²) in [4.78, 5) is 18.7. The minimum absolute atomic E-state index is 0.141. The van der Waals surface area contributed by atoms with E-state index in [4.69, 9.17) is 0 Å². The van der Waals surface area contributed by atoms with Crippen LogP contribution < -0.4 is 0 Å². The van der Waals surface area contributed by atoms with Gasteiger partial charge in [0.1, 0.15) is 0 Å². The Morgan fingerprint density at radius 1 is 1.00 bits per heavy atom. The fourth-order valence-electron chi connectivity index (χ4n) is 2.98. The fraction of sp³-hybridized carbons (Fsp3) is 0.333. The molecule has 0 aliphatic carbocycles. The van der Waals surface area contributed by atoms with Gasteiger partial charge in [-0.15, -0.1) is 10.2 Å². The van der Waals surface area contributed by atoms with Gasteiger partial charge in [0.25, 0.3) is 0 Å². The van der Waals surface area contributed by atoms with Crippen LogP contribution in [0.3, 0.4) is 0 Å². The number of rotatable bonds is 9. The van der Waals surface area contributed by atoms with E-state index in [1.165, 1.54) is 11.8 Å². The number of pyridine rings is 1. The average molecular weight is 396 g/mol. The molecule has 0 bridgehead atoms. The highest BCUT2D eigenvalue weighted by Gasteiger charge is 2.19. The van der Waals surface area contributed by atoms with Crippen molar-refractivity contribution in [3.8, 4) is 17.1 Å². The second-order valence-corrected chi connectivity index (χ2v) is 7.32. The van der Waals surface area contributed by atoms with E-state index >= 15 is 0 Å². The van der Waals surface area contributed by atoms with E-state index < -0.39 is 0 Å². The van der Waals surface area contributed by atoms with Gasteiger partial charge in [-0.25, -0.2) is 0 Å². The minimum atomic E-state index is 0.141. The molecule has 0 fully saturated rings. The highest BCUT2D eigenvalue weighted by molar-refractivity contribution is 7.99. The van der Waals surface area contributed by atoms with Gasteiger partial charge in [-0.1, -0.05) is 43.8 Å². The molecule has 0 saturated carbocycles. The molecule has 0 saturated heterocycles. The summed E-state index contributed by atoms with van der Waals surface area (Å²) in [6.45, 7) is 5.77. The normalized spacial score (nSPS) is 10.8.